The van der Waals surface area contributed by atoms with Crippen molar-refractivity contribution in [2.24, 2.45) is 0 Å². The third-order valence-corrected chi connectivity index (χ3v) is 6.08. The van der Waals surface area contributed by atoms with Gasteiger partial charge >= 0.3 is 0 Å². The number of anilines is 1. The van der Waals surface area contributed by atoms with Gasteiger partial charge in [0.2, 0.25) is 5.91 Å². The van der Waals surface area contributed by atoms with Crippen molar-refractivity contribution < 1.29 is 37.0 Å². The second-order valence-electron chi connectivity index (χ2n) is 7.77. The van der Waals surface area contributed by atoms with E-state index in [0.29, 0.717) is 34.9 Å². The van der Waals surface area contributed by atoms with Crippen molar-refractivity contribution in [3.05, 3.63) is 94.1 Å². The van der Waals surface area contributed by atoms with Crippen LogP contribution in [-0.2, 0) is 16.2 Å². The first-order valence-corrected chi connectivity index (χ1v) is 11.6. The molecule has 0 aliphatic carbocycles. The van der Waals surface area contributed by atoms with Crippen molar-refractivity contribution in [2.75, 3.05) is 19.0 Å². The second kappa shape index (κ2) is 11.2. The smallest absolute Gasteiger partial charge is 0.294 e. The molecule has 1 aliphatic heterocycles. The molecule has 0 atom stereocenters. The fourth-order valence-corrected chi connectivity index (χ4v) is 4.19. The molecular weight excluding hydrogens is 509 g/mol. The van der Waals surface area contributed by atoms with E-state index in [9.17, 15) is 27.6 Å². The average Bonchev–Trinajstić information content (AvgIpc) is 3.13. The van der Waals surface area contributed by atoms with Gasteiger partial charge in [0.15, 0.2) is 11.5 Å². The summed E-state index contributed by atoms with van der Waals surface area (Å²) in [5.41, 5.74) is 1.02. The van der Waals surface area contributed by atoms with Gasteiger partial charge in [-0.3, -0.25) is 19.3 Å². The Morgan fingerprint density at radius 1 is 0.973 bits per heavy atom. The van der Waals surface area contributed by atoms with Crippen LogP contribution in [0.15, 0.2) is 65.6 Å². The molecule has 0 saturated carbocycles. The Kier molecular flexibility index (Phi) is 7.83. The van der Waals surface area contributed by atoms with Gasteiger partial charge in [0.25, 0.3) is 11.1 Å². The van der Waals surface area contributed by atoms with Gasteiger partial charge in [-0.25, -0.2) is 13.2 Å². The number of halogens is 3. The molecule has 4 rings (SSSR count). The highest BCUT2D eigenvalue weighted by molar-refractivity contribution is 8.18. The van der Waals surface area contributed by atoms with E-state index in [1.807, 2.05) is 0 Å². The van der Waals surface area contributed by atoms with Crippen LogP contribution >= 0.6 is 11.8 Å². The highest BCUT2D eigenvalue weighted by Crippen LogP contribution is 2.35. The lowest BCUT2D eigenvalue weighted by Gasteiger charge is -2.13. The van der Waals surface area contributed by atoms with Crippen LogP contribution in [0.1, 0.15) is 11.1 Å². The van der Waals surface area contributed by atoms with Crippen molar-refractivity contribution in [1.82, 2.24) is 4.90 Å². The summed E-state index contributed by atoms with van der Waals surface area (Å²) < 4.78 is 51.0. The summed E-state index contributed by atoms with van der Waals surface area (Å²) in [5.74, 6) is -2.87. The Bertz CT molecular complexity index is 1400. The van der Waals surface area contributed by atoms with Crippen molar-refractivity contribution in [2.45, 2.75) is 6.61 Å². The number of ether oxygens (including phenoxy) is 2. The molecule has 0 unspecified atom stereocenters. The van der Waals surface area contributed by atoms with Crippen LogP contribution in [0.2, 0.25) is 0 Å². The Hall–Kier alpha value is -4.25. The highest BCUT2D eigenvalue weighted by atomic mass is 32.2. The number of hydrogen-bond donors (Lipinski definition) is 1. The third kappa shape index (κ3) is 6.31. The molecule has 1 saturated heterocycles. The van der Waals surface area contributed by atoms with Crippen LogP contribution < -0.4 is 14.8 Å². The summed E-state index contributed by atoms with van der Waals surface area (Å²) in [6.07, 6.45) is 1.47. The molecule has 7 nitrogen and oxygen atoms in total. The van der Waals surface area contributed by atoms with Gasteiger partial charge in [0.05, 0.1) is 17.7 Å². The fourth-order valence-electron chi connectivity index (χ4n) is 3.35. The Labute approximate surface area is 213 Å². The number of thioether (sulfide) groups is 1. The predicted molar refractivity (Wildman–Crippen MR) is 131 cm³/mol. The van der Waals surface area contributed by atoms with Crippen LogP contribution in [0.3, 0.4) is 0 Å². The van der Waals surface area contributed by atoms with Gasteiger partial charge in [0.1, 0.15) is 30.6 Å². The summed E-state index contributed by atoms with van der Waals surface area (Å²) in [6, 6.07) is 13.4. The number of amides is 3. The lowest BCUT2D eigenvalue weighted by molar-refractivity contribution is -0.127. The molecule has 1 aliphatic rings. The normalized spacial score (nSPS) is 14.3. The highest BCUT2D eigenvalue weighted by Gasteiger charge is 2.36. The largest absolute Gasteiger partial charge is 0.493 e. The maximum Gasteiger partial charge on any atom is 0.294 e. The van der Waals surface area contributed by atoms with Crippen molar-refractivity contribution in [3.63, 3.8) is 0 Å². The summed E-state index contributed by atoms with van der Waals surface area (Å²) in [7, 11) is 1.44. The van der Waals surface area contributed by atoms with Gasteiger partial charge in [-0.15, -0.1) is 0 Å². The number of carbonyl (C=O) groups excluding carboxylic acids is 3. The minimum absolute atomic E-state index is 0.0767. The zero-order valence-electron chi connectivity index (χ0n) is 19.3. The van der Waals surface area contributed by atoms with Crippen molar-refractivity contribution >= 4 is 40.6 Å². The molecule has 3 aromatic carbocycles. The topological polar surface area (TPSA) is 84.9 Å². The zero-order valence-corrected chi connectivity index (χ0v) is 20.1. The van der Waals surface area contributed by atoms with Crippen LogP contribution in [0.25, 0.3) is 6.08 Å². The maximum atomic E-state index is 13.8. The van der Waals surface area contributed by atoms with Gasteiger partial charge in [0, 0.05) is 6.07 Å². The van der Waals surface area contributed by atoms with E-state index in [4.69, 9.17) is 9.47 Å². The molecule has 3 aromatic rings. The maximum absolute atomic E-state index is 13.8. The molecule has 0 aromatic heterocycles. The van der Waals surface area contributed by atoms with E-state index >= 15 is 0 Å². The van der Waals surface area contributed by atoms with Crippen molar-refractivity contribution in [1.29, 1.82) is 0 Å². The second-order valence-corrected chi connectivity index (χ2v) is 8.76. The van der Waals surface area contributed by atoms with E-state index in [0.717, 1.165) is 22.6 Å². The Balaban J connectivity index is 1.42. The van der Waals surface area contributed by atoms with Gasteiger partial charge in [-0.05, 0) is 65.4 Å². The van der Waals surface area contributed by atoms with Gasteiger partial charge in [-0.2, -0.15) is 0 Å². The number of rotatable bonds is 8. The summed E-state index contributed by atoms with van der Waals surface area (Å²) >= 11 is 0.649. The number of hydrogen-bond acceptors (Lipinski definition) is 6. The molecule has 1 N–H and O–H groups in total. The van der Waals surface area contributed by atoms with Gasteiger partial charge in [-0.1, -0.05) is 18.2 Å². The average molecular weight is 529 g/mol. The number of imide groups is 1. The fraction of sp³-hybridized carbons (Fsp3) is 0.115. The van der Waals surface area contributed by atoms with Crippen LogP contribution in [0, 0.1) is 17.5 Å². The summed E-state index contributed by atoms with van der Waals surface area (Å²) in [5, 5.41) is 1.54. The first kappa shape index (κ1) is 25.8. The quantitative estimate of drug-likeness (QED) is 0.396. The molecule has 37 heavy (non-hydrogen) atoms. The molecule has 1 heterocycles. The first-order valence-electron chi connectivity index (χ1n) is 10.8. The molecular formula is C26H19F3N2O5S. The number of methoxy groups -OCH3 is 1. The first-order chi connectivity index (χ1) is 17.7. The van der Waals surface area contributed by atoms with Crippen molar-refractivity contribution in [3.8, 4) is 11.5 Å². The lowest BCUT2D eigenvalue weighted by Crippen LogP contribution is -2.36. The monoisotopic (exact) mass is 528 g/mol. The molecule has 3 amide bonds. The number of carbonyl (C=O) groups is 3. The predicted octanol–water partition coefficient (Wildman–Crippen LogP) is 5.37. The van der Waals surface area contributed by atoms with E-state index in [1.165, 1.54) is 25.3 Å². The molecule has 0 spiro atoms. The van der Waals surface area contributed by atoms with Crippen LogP contribution in [0.4, 0.5) is 23.7 Å². The Morgan fingerprint density at radius 3 is 2.41 bits per heavy atom. The molecule has 0 radical (unpaired) electrons. The van der Waals surface area contributed by atoms with E-state index in [2.05, 4.69) is 5.32 Å². The molecule has 1 fully saturated rings. The van der Waals surface area contributed by atoms with E-state index in [1.54, 1.807) is 30.3 Å². The summed E-state index contributed by atoms with van der Waals surface area (Å²) in [6.45, 7) is -0.461. The van der Waals surface area contributed by atoms with E-state index < -0.39 is 35.2 Å². The number of nitrogens with zero attached hydrogens (tertiary/aromatic N) is 1. The summed E-state index contributed by atoms with van der Waals surface area (Å²) in [4.78, 5) is 38.2. The minimum atomic E-state index is -0.985. The lowest BCUT2D eigenvalue weighted by atomic mass is 10.1. The number of benzene rings is 3. The SMILES string of the molecule is COc1cc(/C=C2\SC(=O)N(CC(=O)Nc3ccc(F)cc3F)C2=O)ccc1OCc1ccc(F)cc1. The minimum Gasteiger partial charge on any atom is -0.493 e. The van der Waals surface area contributed by atoms with Crippen LogP contribution in [0.5, 0.6) is 11.5 Å². The third-order valence-electron chi connectivity index (χ3n) is 5.17. The van der Waals surface area contributed by atoms with Gasteiger partial charge < -0.3 is 14.8 Å². The van der Waals surface area contributed by atoms with E-state index in [-0.39, 0.29) is 23.0 Å². The van der Waals surface area contributed by atoms with Crippen LogP contribution in [-0.4, -0.2) is 35.6 Å². The zero-order chi connectivity index (χ0) is 26.5. The molecule has 190 valence electrons. The Morgan fingerprint density at radius 2 is 1.70 bits per heavy atom. The molecule has 0 bridgehead atoms. The molecule has 11 heteroatoms. The number of nitrogens with one attached hydrogen (secondary N) is 1. The standard InChI is InChI=1S/C26H19F3N2O5S/c1-35-22-10-16(4-9-21(22)36-14-15-2-5-17(27)6-3-15)11-23-25(33)31(26(34)37-23)13-24(32)30-20-8-7-18(28)12-19(20)29/h2-12H,13-14H2,1H3,(H,30,32)/b23-11-.